The highest BCUT2D eigenvalue weighted by atomic mass is 19.1. The first kappa shape index (κ1) is 17.9. The maximum atomic E-state index is 13.7. The lowest BCUT2D eigenvalue weighted by atomic mass is 9.86. The van der Waals surface area contributed by atoms with Crippen molar-refractivity contribution >= 4 is 17.5 Å². The molecule has 1 fully saturated rings. The number of hydrogen-bond donors (Lipinski definition) is 1. The molecule has 1 atom stereocenters. The average molecular weight is 370 g/mol. The normalized spacial score (nSPS) is 19.5. The van der Waals surface area contributed by atoms with Crippen LogP contribution in [0.25, 0.3) is 0 Å². The molecule has 142 valence electrons. The summed E-state index contributed by atoms with van der Waals surface area (Å²) in [7, 11) is 0. The second-order valence-corrected chi connectivity index (χ2v) is 7.08. The molecule has 4 rings (SSSR count). The molecule has 7 heteroatoms. The van der Waals surface area contributed by atoms with Gasteiger partial charge in [0.15, 0.2) is 0 Å². The summed E-state index contributed by atoms with van der Waals surface area (Å²) in [6, 6.07) is 4.73. The van der Waals surface area contributed by atoms with Gasteiger partial charge in [0, 0.05) is 42.1 Å². The molecule has 2 heterocycles. The van der Waals surface area contributed by atoms with Crippen LogP contribution in [0.3, 0.4) is 0 Å². The van der Waals surface area contributed by atoms with Crippen molar-refractivity contribution in [2.45, 2.75) is 26.2 Å². The number of hydrogen-bond acceptors (Lipinski definition) is 5. The quantitative estimate of drug-likeness (QED) is 0.899. The molecule has 1 amide bonds. The van der Waals surface area contributed by atoms with Crippen molar-refractivity contribution in [3.05, 3.63) is 47.0 Å². The monoisotopic (exact) mass is 370 g/mol. The Bertz CT molecular complexity index is 852. The summed E-state index contributed by atoms with van der Waals surface area (Å²) in [5, 5.41) is 2.87. The third-order valence-electron chi connectivity index (χ3n) is 5.33. The summed E-state index contributed by atoms with van der Waals surface area (Å²) in [5.41, 5.74) is 3.04. The minimum atomic E-state index is -0.314. The molecule has 1 aromatic heterocycles. The average Bonchev–Trinajstić information content (AvgIpc) is 2.71. The van der Waals surface area contributed by atoms with Gasteiger partial charge in [-0.05, 0) is 43.9 Å². The molecule has 0 radical (unpaired) electrons. The van der Waals surface area contributed by atoms with Crippen LogP contribution >= 0.6 is 0 Å². The van der Waals surface area contributed by atoms with E-state index < -0.39 is 0 Å². The Balaban J connectivity index is 1.45. The van der Waals surface area contributed by atoms with Gasteiger partial charge in [0.2, 0.25) is 11.9 Å². The number of aryl methyl sites for hydroxylation is 1. The Morgan fingerprint density at radius 1 is 1.33 bits per heavy atom. The van der Waals surface area contributed by atoms with Crippen molar-refractivity contribution in [1.82, 2.24) is 9.97 Å². The lowest BCUT2D eigenvalue weighted by Gasteiger charge is -2.29. The van der Waals surface area contributed by atoms with Crippen LogP contribution in [-0.2, 0) is 22.4 Å². The van der Waals surface area contributed by atoms with Crippen molar-refractivity contribution in [3.8, 4) is 0 Å². The molecule has 2 aromatic rings. The van der Waals surface area contributed by atoms with Crippen LogP contribution in [0.15, 0.2) is 24.4 Å². The zero-order chi connectivity index (χ0) is 18.8. The van der Waals surface area contributed by atoms with Gasteiger partial charge < -0.3 is 15.0 Å². The summed E-state index contributed by atoms with van der Waals surface area (Å²) in [6.45, 7) is 4.67. The minimum absolute atomic E-state index is 0.0772. The summed E-state index contributed by atoms with van der Waals surface area (Å²) < 4.78 is 19.1. The number of anilines is 2. The van der Waals surface area contributed by atoms with Gasteiger partial charge in [0.25, 0.3) is 0 Å². The molecule has 0 bridgehead atoms. The van der Waals surface area contributed by atoms with Crippen molar-refractivity contribution < 1.29 is 13.9 Å². The van der Waals surface area contributed by atoms with Gasteiger partial charge in [-0.1, -0.05) is 6.07 Å². The molecule has 1 aliphatic carbocycles. The maximum Gasteiger partial charge on any atom is 0.227 e. The molecular weight excluding hydrogens is 347 g/mol. The highest BCUT2D eigenvalue weighted by molar-refractivity contribution is 5.93. The smallest absolute Gasteiger partial charge is 0.227 e. The minimum Gasteiger partial charge on any atom is -0.378 e. The van der Waals surface area contributed by atoms with E-state index in [4.69, 9.17) is 9.72 Å². The Hall–Kier alpha value is -2.54. The third kappa shape index (κ3) is 3.78. The lowest BCUT2D eigenvalue weighted by molar-refractivity contribution is -0.120. The predicted molar refractivity (Wildman–Crippen MR) is 100 cm³/mol. The number of ether oxygens (including phenoxy) is 1. The summed E-state index contributed by atoms with van der Waals surface area (Å²) >= 11 is 0. The van der Waals surface area contributed by atoms with E-state index in [1.54, 1.807) is 19.1 Å². The van der Waals surface area contributed by atoms with E-state index >= 15 is 0 Å². The van der Waals surface area contributed by atoms with E-state index in [9.17, 15) is 9.18 Å². The number of nitrogens with one attached hydrogen (secondary N) is 1. The second-order valence-electron chi connectivity index (χ2n) is 7.08. The number of carbonyl (C=O) groups excluding carboxylic acids is 1. The number of benzene rings is 1. The van der Waals surface area contributed by atoms with Crippen molar-refractivity contribution in [2.75, 3.05) is 36.5 Å². The van der Waals surface area contributed by atoms with E-state index in [1.807, 2.05) is 6.20 Å². The van der Waals surface area contributed by atoms with Gasteiger partial charge in [0.1, 0.15) is 5.82 Å². The van der Waals surface area contributed by atoms with E-state index in [2.05, 4.69) is 15.2 Å². The largest absolute Gasteiger partial charge is 0.378 e. The molecule has 0 saturated carbocycles. The fraction of sp³-hybridized carbons (Fsp3) is 0.450. The van der Waals surface area contributed by atoms with Crippen molar-refractivity contribution in [1.29, 1.82) is 0 Å². The highest BCUT2D eigenvalue weighted by Gasteiger charge is 2.27. The zero-order valence-corrected chi connectivity index (χ0v) is 15.4. The molecule has 27 heavy (non-hydrogen) atoms. The van der Waals surface area contributed by atoms with Gasteiger partial charge in [-0.3, -0.25) is 4.79 Å². The highest BCUT2D eigenvalue weighted by Crippen LogP contribution is 2.27. The second kappa shape index (κ2) is 7.60. The van der Waals surface area contributed by atoms with Gasteiger partial charge >= 0.3 is 0 Å². The molecule has 0 spiro atoms. The Kier molecular flexibility index (Phi) is 5.03. The van der Waals surface area contributed by atoms with Gasteiger partial charge in [-0.25, -0.2) is 14.4 Å². The summed E-state index contributed by atoms with van der Waals surface area (Å²) in [5.74, 6) is 0.200. The molecule has 1 aromatic carbocycles. The number of halogens is 1. The third-order valence-corrected chi connectivity index (χ3v) is 5.33. The predicted octanol–water partition coefficient (Wildman–Crippen LogP) is 2.50. The van der Waals surface area contributed by atoms with E-state index in [0.29, 0.717) is 30.9 Å². The Morgan fingerprint density at radius 3 is 2.96 bits per heavy atom. The van der Waals surface area contributed by atoms with Gasteiger partial charge in [0.05, 0.1) is 13.2 Å². The van der Waals surface area contributed by atoms with E-state index in [1.165, 1.54) is 6.07 Å². The number of morpholine rings is 1. The van der Waals surface area contributed by atoms with Crippen LogP contribution < -0.4 is 10.2 Å². The van der Waals surface area contributed by atoms with Crippen LogP contribution in [-0.4, -0.2) is 42.2 Å². The lowest BCUT2D eigenvalue weighted by Crippen LogP contribution is -2.38. The first-order chi connectivity index (χ1) is 13.1. The molecule has 1 aliphatic heterocycles. The summed E-state index contributed by atoms with van der Waals surface area (Å²) in [6.07, 6.45) is 3.93. The first-order valence-corrected chi connectivity index (χ1v) is 9.35. The number of carbonyl (C=O) groups is 1. The van der Waals surface area contributed by atoms with Crippen LogP contribution in [0.2, 0.25) is 0 Å². The van der Waals surface area contributed by atoms with Crippen LogP contribution in [0.5, 0.6) is 0 Å². The number of amides is 1. The van der Waals surface area contributed by atoms with Gasteiger partial charge in [-0.2, -0.15) is 0 Å². The standard InChI is InChI=1S/C20H23FN4O2/c1-13-16(21)3-2-4-17(13)23-19(26)14-5-6-18-15(11-14)12-22-20(24-18)25-7-9-27-10-8-25/h2-4,12,14H,5-11H2,1H3,(H,23,26)/t14-/m1/s1. The molecule has 2 aliphatic rings. The van der Waals surface area contributed by atoms with E-state index in [0.717, 1.165) is 43.1 Å². The van der Waals surface area contributed by atoms with Crippen LogP contribution in [0, 0.1) is 18.7 Å². The molecule has 6 nitrogen and oxygen atoms in total. The maximum absolute atomic E-state index is 13.7. The van der Waals surface area contributed by atoms with E-state index in [-0.39, 0.29) is 17.6 Å². The number of rotatable bonds is 3. The number of aromatic nitrogens is 2. The first-order valence-electron chi connectivity index (χ1n) is 9.35. The fourth-order valence-corrected chi connectivity index (χ4v) is 3.61. The van der Waals surface area contributed by atoms with Gasteiger partial charge in [-0.15, -0.1) is 0 Å². The van der Waals surface area contributed by atoms with Crippen LogP contribution in [0.4, 0.5) is 16.0 Å². The number of nitrogens with zero attached hydrogens (tertiary/aromatic N) is 3. The zero-order valence-electron chi connectivity index (χ0n) is 15.4. The molecular formula is C20H23FN4O2. The van der Waals surface area contributed by atoms with Crippen LogP contribution in [0.1, 0.15) is 23.2 Å². The van der Waals surface area contributed by atoms with Crippen molar-refractivity contribution in [3.63, 3.8) is 0 Å². The summed E-state index contributed by atoms with van der Waals surface area (Å²) in [4.78, 5) is 24.0. The van der Waals surface area contributed by atoms with Crippen molar-refractivity contribution in [2.24, 2.45) is 5.92 Å². The fourth-order valence-electron chi connectivity index (χ4n) is 3.61. The molecule has 1 N–H and O–H groups in total. The Morgan fingerprint density at radius 2 is 2.15 bits per heavy atom. The molecule has 0 unspecified atom stereocenters. The SMILES string of the molecule is Cc1c(F)cccc1NC(=O)[C@@H]1CCc2nc(N3CCOCC3)ncc2C1. The number of fused-ring (bicyclic) bond motifs is 1. The topological polar surface area (TPSA) is 67.4 Å². The Labute approximate surface area is 157 Å². The molecule has 1 saturated heterocycles.